The normalized spacial score (nSPS) is 14.9. The van der Waals surface area contributed by atoms with E-state index in [1.165, 1.54) is 19.1 Å². The van der Waals surface area contributed by atoms with Crippen molar-refractivity contribution in [2.24, 2.45) is 5.10 Å². The number of halogens is 6. The van der Waals surface area contributed by atoms with Crippen molar-refractivity contribution in [3.8, 4) is 11.8 Å². The van der Waals surface area contributed by atoms with Gasteiger partial charge in [0, 0.05) is 10.0 Å². The molecular weight excluding hydrogens is 477 g/mol. The summed E-state index contributed by atoms with van der Waals surface area (Å²) in [5.74, 6) is -12.0. The van der Waals surface area contributed by atoms with E-state index in [9.17, 15) is 26.7 Å². The first-order chi connectivity index (χ1) is 14.2. The number of anilines is 1. The Hall–Kier alpha value is -3.26. The third-order valence-corrected chi connectivity index (χ3v) is 4.52. The highest BCUT2D eigenvalue weighted by molar-refractivity contribution is 9.10. The molecule has 0 fully saturated rings. The number of benzene rings is 2. The van der Waals surface area contributed by atoms with Gasteiger partial charge in [-0.25, -0.2) is 22.0 Å². The van der Waals surface area contributed by atoms with Gasteiger partial charge in [0.05, 0.1) is 11.3 Å². The fourth-order valence-electron chi connectivity index (χ4n) is 2.64. The summed E-state index contributed by atoms with van der Waals surface area (Å²) in [6.07, 6.45) is 1.27. The summed E-state index contributed by atoms with van der Waals surface area (Å²) in [4.78, 5) is 12.7. The monoisotopic (exact) mass is 485 g/mol. The zero-order chi connectivity index (χ0) is 22.2. The minimum Gasteiger partial charge on any atom is -0.478 e. The molecule has 0 atom stereocenters. The molecule has 0 saturated carbocycles. The fourth-order valence-corrected chi connectivity index (χ4v) is 3.02. The molecule has 0 unspecified atom stereocenters. The van der Waals surface area contributed by atoms with E-state index in [0.717, 1.165) is 0 Å². The lowest BCUT2D eigenvalue weighted by molar-refractivity contribution is -0.114. The van der Waals surface area contributed by atoms with Gasteiger partial charge in [-0.15, -0.1) is 0 Å². The zero-order valence-corrected chi connectivity index (χ0v) is 16.5. The average Bonchev–Trinajstić information content (AvgIpc) is 2.98. The predicted octanol–water partition coefficient (Wildman–Crippen LogP) is 4.85. The maximum Gasteiger partial charge on any atom is 0.280 e. The summed E-state index contributed by atoms with van der Waals surface area (Å²) in [6.45, 7) is 1.04. The van der Waals surface area contributed by atoms with Crippen molar-refractivity contribution in [1.82, 2.24) is 0 Å². The Balaban J connectivity index is 2.09. The number of hydrazone groups is 1. The van der Waals surface area contributed by atoms with Crippen LogP contribution in [0.15, 0.2) is 33.3 Å². The van der Waals surface area contributed by atoms with Crippen molar-refractivity contribution in [1.29, 1.82) is 5.26 Å². The lowest BCUT2D eigenvalue weighted by atomic mass is 10.1. The highest BCUT2D eigenvalue weighted by Gasteiger charge is 2.37. The Morgan fingerprint density at radius 3 is 2.33 bits per heavy atom. The van der Waals surface area contributed by atoms with Crippen LogP contribution in [0.5, 0.6) is 5.75 Å². The maximum atomic E-state index is 14.1. The van der Waals surface area contributed by atoms with Crippen LogP contribution in [-0.2, 0) is 4.79 Å². The molecule has 0 aromatic heterocycles. The molecule has 5 nitrogen and oxygen atoms in total. The van der Waals surface area contributed by atoms with Gasteiger partial charge in [-0.05, 0) is 31.2 Å². The molecule has 1 aliphatic rings. The first-order valence-corrected chi connectivity index (χ1v) is 8.89. The second kappa shape index (κ2) is 8.23. The van der Waals surface area contributed by atoms with Crippen molar-refractivity contribution >= 4 is 39.3 Å². The molecule has 3 rings (SSSR count). The van der Waals surface area contributed by atoms with Gasteiger partial charge in [0.15, 0.2) is 29.9 Å². The Kier molecular flexibility index (Phi) is 5.89. The molecule has 1 aliphatic heterocycles. The van der Waals surface area contributed by atoms with Gasteiger partial charge in [-0.3, -0.25) is 4.79 Å². The van der Waals surface area contributed by atoms with Crippen molar-refractivity contribution in [2.45, 2.75) is 6.92 Å². The zero-order valence-electron chi connectivity index (χ0n) is 14.9. The molecule has 1 amide bonds. The number of carbonyl (C=O) groups excluding carboxylic acids is 1. The van der Waals surface area contributed by atoms with E-state index in [2.05, 4.69) is 21.0 Å². The van der Waals surface area contributed by atoms with Crippen LogP contribution in [0, 0.1) is 40.4 Å². The SMILES string of the molecule is CC1=NN(c2c(F)c(F)c(F)c(F)c2F)C(=O)/C1=C/c1cc(Br)ccc1OCC#N. The molecule has 0 radical (unpaired) electrons. The summed E-state index contributed by atoms with van der Waals surface area (Å²) in [7, 11) is 0. The number of hydrogen-bond acceptors (Lipinski definition) is 4. The van der Waals surface area contributed by atoms with Crippen LogP contribution in [0.2, 0.25) is 0 Å². The van der Waals surface area contributed by atoms with Crippen molar-refractivity contribution < 1.29 is 31.5 Å². The summed E-state index contributed by atoms with van der Waals surface area (Å²) >= 11 is 3.24. The fraction of sp³-hybridized carbons (Fsp3) is 0.105. The van der Waals surface area contributed by atoms with Gasteiger partial charge < -0.3 is 4.74 Å². The van der Waals surface area contributed by atoms with Gasteiger partial charge in [-0.2, -0.15) is 15.4 Å². The molecule has 0 aliphatic carbocycles. The molecule has 1 heterocycles. The van der Waals surface area contributed by atoms with Gasteiger partial charge in [0.1, 0.15) is 17.5 Å². The molecule has 2 aromatic rings. The molecule has 30 heavy (non-hydrogen) atoms. The molecular formula is C19H9BrF5N3O2. The highest BCUT2D eigenvalue weighted by atomic mass is 79.9. The van der Waals surface area contributed by atoms with E-state index in [0.29, 0.717) is 10.0 Å². The van der Waals surface area contributed by atoms with Gasteiger partial charge in [0.2, 0.25) is 5.82 Å². The first-order valence-electron chi connectivity index (χ1n) is 8.09. The van der Waals surface area contributed by atoms with Crippen LogP contribution in [-0.4, -0.2) is 18.2 Å². The largest absolute Gasteiger partial charge is 0.478 e. The summed E-state index contributed by atoms with van der Waals surface area (Å²) in [5, 5.41) is 12.5. The maximum absolute atomic E-state index is 14.1. The molecule has 0 spiro atoms. The van der Waals surface area contributed by atoms with Crippen LogP contribution >= 0.6 is 15.9 Å². The van der Waals surface area contributed by atoms with Gasteiger partial charge in [-0.1, -0.05) is 15.9 Å². The van der Waals surface area contributed by atoms with E-state index in [4.69, 9.17) is 10.00 Å². The van der Waals surface area contributed by atoms with Crippen LogP contribution in [0.3, 0.4) is 0 Å². The Morgan fingerprint density at radius 1 is 1.13 bits per heavy atom. The molecule has 2 aromatic carbocycles. The van der Waals surface area contributed by atoms with E-state index < -0.39 is 40.7 Å². The highest BCUT2D eigenvalue weighted by Crippen LogP contribution is 2.35. The third-order valence-electron chi connectivity index (χ3n) is 4.02. The minimum atomic E-state index is -2.34. The van der Waals surface area contributed by atoms with Crippen LogP contribution in [0.25, 0.3) is 6.08 Å². The van der Waals surface area contributed by atoms with Crippen molar-refractivity contribution in [2.75, 3.05) is 11.6 Å². The van der Waals surface area contributed by atoms with Crippen LogP contribution < -0.4 is 9.75 Å². The molecule has 0 bridgehead atoms. The van der Waals surface area contributed by atoms with Gasteiger partial charge >= 0.3 is 0 Å². The Morgan fingerprint density at radius 2 is 1.73 bits per heavy atom. The number of nitrogens with zero attached hydrogens (tertiary/aromatic N) is 3. The minimum absolute atomic E-state index is 0.0323. The predicted molar refractivity (Wildman–Crippen MR) is 100 cm³/mol. The van der Waals surface area contributed by atoms with Crippen molar-refractivity contribution in [3.05, 3.63) is 62.9 Å². The van der Waals surface area contributed by atoms with Crippen molar-refractivity contribution in [3.63, 3.8) is 0 Å². The molecule has 11 heteroatoms. The Labute approximate surface area is 174 Å². The second-order valence-electron chi connectivity index (χ2n) is 5.91. The van der Waals surface area contributed by atoms with E-state index >= 15 is 0 Å². The van der Waals surface area contributed by atoms with E-state index in [-0.39, 0.29) is 28.7 Å². The number of ether oxygens (including phenoxy) is 1. The van der Waals surface area contributed by atoms with Crippen LogP contribution in [0.4, 0.5) is 27.6 Å². The standard InChI is InChI=1S/C19H9BrF5N3O2/c1-8-11(7-9-6-10(20)2-3-12(9)30-5-4-26)19(29)28(27-8)18-16(24)14(22)13(21)15(23)17(18)25/h2-3,6-7H,5H2,1H3/b11-7+. The summed E-state index contributed by atoms with van der Waals surface area (Å²) < 4.78 is 74.4. The lowest BCUT2D eigenvalue weighted by Crippen LogP contribution is -2.25. The molecule has 0 saturated heterocycles. The number of amides is 1. The number of nitriles is 1. The number of rotatable bonds is 4. The topological polar surface area (TPSA) is 65.7 Å². The third kappa shape index (κ3) is 3.66. The quantitative estimate of drug-likeness (QED) is 0.269. The second-order valence-corrected chi connectivity index (χ2v) is 6.82. The first kappa shape index (κ1) is 21.4. The number of carbonyl (C=O) groups is 1. The molecule has 154 valence electrons. The van der Waals surface area contributed by atoms with Gasteiger partial charge in [0.25, 0.3) is 5.91 Å². The van der Waals surface area contributed by atoms with E-state index in [1.54, 1.807) is 18.2 Å². The smallest absolute Gasteiger partial charge is 0.280 e. The Bertz CT molecular complexity index is 1140. The summed E-state index contributed by atoms with van der Waals surface area (Å²) in [5.41, 5.74) is -1.36. The lowest BCUT2D eigenvalue weighted by Gasteiger charge is -2.15. The van der Waals surface area contributed by atoms with Crippen LogP contribution in [0.1, 0.15) is 12.5 Å². The average molecular weight is 486 g/mol. The number of hydrogen-bond donors (Lipinski definition) is 0. The van der Waals surface area contributed by atoms with E-state index in [1.807, 2.05) is 0 Å². The summed E-state index contributed by atoms with van der Waals surface area (Å²) in [6, 6.07) is 6.46. The molecule has 0 N–H and O–H groups in total.